The van der Waals surface area contributed by atoms with Crippen LogP contribution in [0.15, 0.2) is 24.3 Å². The standard InChI is InChI=1S/C14H19N3/c1-17-13-5-3-2-4-12(13)16-14(17)10-15-9-8-11-6-7-11/h2-5,11,15H,6-10H2,1H3. The van der Waals surface area contributed by atoms with E-state index in [2.05, 4.69) is 40.1 Å². The first-order valence-electron chi connectivity index (χ1n) is 6.45. The van der Waals surface area contributed by atoms with Crippen molar-refractivity contribution in [2.75, 3.05) is 6.54 Å². The van der Waals surface area contributed by atoms with E-state index in [-0.39, 0.29) is 0 Å². The van der Waals surface area contributed by atoms with Crippen molar-refractivity contribution in [1.29, 1.82) is 0 Å². The molecule has 1 heterocycles. The predicted octanol–water partition coefficient (Wildman–Crippen LogP) is 2.46. The fourth-order valence-corrected chi connectivity index (χ4v) is 2.27. The van der Waals surface area contributed by atoms with Gasteiger partial charge in [-0.25, -0.2) is 4.98 Å². The average molecular weight is 229 g/mol. The summed E-state index contributed by atoms with van der Waals surface area (Å²) < 4.78 is 2.18. The van der Waals surface area contributed by atoms with Crippen LogP contribution in [0.3, 0.4) is 0 Å². The van der Waals surface area contributed by atoms with Crippen LogP contribution in [0.2, 0.25) is 0 Å². The molecule has 0 aliphatic heterocycles. The number of hydrogen-bond donors (Lipinski definition) is 1. The molecule has 0 radical (unpaired) electrons. The van der Waals surface area contributed by atoms with E-state index >= 15 is 0 Å². The summed E-state index contributed by atoms with van der Waals surface area (Å²) >= 11 is 0. The van der Waals surface area contributed by atoms with Crippen molar-refractivity contribution < 1.29 is 0 Å². The molecule has 1 aliphatic rings. The van der Waals surface area contributed by atoms with Crippen molar-refractivity contribution in [2.45, 2.75) is 25.8 Å². The first-order chi connectivity index (χ1) is 8.34. The van der Waals surface area contributed by atoms with Gasteiger partial charge >= 0.3 is 0 Å². The molecule has 1 aromatic carbocycles. The molecule has 0 atom stereocenters. The zero-order valence-electron chi connectivity index (χ0n) is 10.3. The highest BCUT2D eigenvalue weighted by atomic mass is 15.1. The smallest absolute Gasteiger partial charge is 0.123 e. The maximum Gasteiger partial charge on any atom is 0.123 e. The molecule has 0 spiro atoms. The second-order valence-electron chi connectivity index (χ2n) is 4.98. The van der Waals surface area contributed by atoms with Gasteiger partial charge in [-0.05, 0) is 31.0 Å². The summed E-state index contributed by atoms with van der Waals surface area (Å²) in [5.41, 5.74) is 2.31. The number of aromatic nitrogens is 2. The third-order valence-electron chi connectivity index (χ3n) is 3.59. The Balaban J connectivity index is 1.65. The molecule has 1 N–H and O–H groups in total. The Bertz CT molecular complexity index is 511. The lowest BCUT2D eigenvalue weighted by Gasteiger charge is -2.04. The summed E-state index contributed by atoms with van der Waals surface area (Å²) in [6, 6.07) is 8.30. The van der Waals surface area contributed by atoms with E-state index < -0.39 is 0 Å². The van der Waals surface area contributed by atoms with Gasteiger partial charge in [-0.3, -0.25) is 0 Å². The minimum atomic E-state index is 0.873. The van der Waals surface area contributed by atoms with Gasteiger partial charge in [-0.2, -0.15) is 0 Å². The fourth-order valence-electron chi connectivity index (χ4n) is 2.27. The third kappa shape index (κ3) is 2.34. The first-order valence-corrected chi connectivity index (χ1v) is 6.45. The van der Waals surface area contributed by atoms with Crippen LogP contribution in [0, 0.1) is 5.92 Å². The Hall–Kier alpha value is -1.35. The number of fused-ring (bicyclic) bond motifs is 1. The molecule has 1 fully saturated rings. The van der Waals surface area contributed by atoms with Crippen LogP contribution in [0.5, 0.6) is 0 Å². The monoisotopic (exact) mass is 229 g/mol. The SMILES string of the molecule is Cn1c(CNCCC2CC2)nc2ccccc21. The fraction of sp³-hybridized carbons (Fsp3) is 0.500. The molecular formula is C14H19N3. The highest BCUT2D eigenvalue weighted by Crippen LogP contribution is 2.31. The summed E-state index contributed by atoms with van der Waals surface area (Å²) in [6.45, 7) is 1.99. The van der Waals surface area contributed by atoms with Crippen molar-refractivity contribution in [3.63, 3.8) is 0 Å². The molecular weight excluding hydrogens is 210 g/mol. The normalized spacial score (nSPS) is 15.6. The maximum absolute atomic E-state index is 4.65. The van der Waals surface area contributed by atoms with Gasteiger partial charge in [0.25, 0.3) is 0 Å². The summed E-state index contributed by atoms with van der Waals surface area (Å²) in [5.74, 6) is 2.13. The van der Waals surface area contributed by atoms with Gasteiger partial charge in [0.05, 0.1) is 17.6 Å². The molecule has 0 unspecified atom stereocenters. The van der Waals surface area contributed by atoms with Gasteiger partial charge in [0, 0.05) is 7.05 Å². The van der Waals surface area contributed by atoms with Crippen molar-refractivity contribution in [3.05, 3.63) is 30.1 Å². The maximum atomic E-state index is 4.65. The van der Waals surface area contributed by atoms with Crippen molar-refractivity contribution >= 4 is 11.0 Å². The number of para-hydroxylation sites is 2. The molecule has 0 saturated heterocycles. The van der Waals surface area contributed by atoms with Crippen LogP contribution in [0.1, 0.15) is 25.1 Å². The Kier molecular flexibility index (Phi) is 2.85. The Morgan fingerprint density at radius 3 is 2.94 bits per heavy atom. The highest BCUT2D eigenvalue weighted by Gasteiger charge is 2.20. The van der Waals surface area contributed by atoms with E-state index in [1.165, 1.54) is 24.8 Å². The number of imidazole rings is 1. The quantitative estimate of drug-likeness (QED) is 0.798. The number of rotatable bonds is 5. The Labute approximate surface area is 102 Å². The van der Waals surface area contributed by atoms with Crippen LogP contribution in [0.4, 0.5) is 0 Å². The lowest BCUT2D eigenvalue weighted by Crippen LogP contribution is -2.17. The van der Waals surface area contributed by atoms with E-state index in [9.17, 15) is 0 Å². The third-order valence-corrected chi connectivity index (χ3v) is 3.59. The van der Waals surface area contributed by atoms with Crippen LogP contribution in [-0.4, -0.2) is 16.1 Å². The highest BCUT2D eigenvalue weighted by molar-refractivity contribution is 5.75. The molecule has 1 saturated carbocycles. The molecule has 1 aromatic heterocycles. The van der Waals surface area contributed by atoms with E-state index in [1.807, 2.05) is 6.07 Å². The largest absolute Gasteiger partial charge is 0.330 e. The van der Waals surface area contributed by atoms with Crippen molar-refractivity contribution in [3.8, 4) is 0 Å². The molecule has 17 heavy (non-hydrogen) atoms. The molecule has 0 bridgehead atoms. The number of aryl methyl sites for hydroxylation is 1. The zero-order valence-corrected chi connectivity index (χ0v) is 10.3. The van der Waals surface area contributed by atoms with Crippen molar-refractivity contribution in [2.24, 2.45) is 13.0 Å². The lowest BCUT2D eigenvalue weighted by molar-refractivity contribution is 0.590. The number of nitrogens with zero attached hydrogens (tertiary/aromatic N) is 2. The Morgan fingerprint density at radius 1 is 1.35 bits per heavy atom. The minimum Gasteiger partial charge on any atom is -0.330 e. The van der Waals surface area contributed by atoms with Crippen LogP contribution in [0.25, 0.3) is 11.0 Å². The van der Waals surface area contributed by atoms with Gasteiger partial charge in [0.15, 0.2) is 0 Å². The summed E-state index contributed by atoms with van der Waals surface area (Å²) in [7, 11) is 2.09. The summed E-state index contributed by atoms with van der Waals surface area (Å²) in [6.07, 6.45) is 4.20. The summed E-state index contributed by atoms with van der Waals surface area (Å²) in [4.78, 5) is 4.65. The summed E-state index contributed by atoms with van der Waals surface area (Å²) in [5, 5.41) is 3.49. The molecule has 3 nitrogen and oxygen atoms in total. The first kappa shape index (κ1) is 10.8. The molecule has 90 valence electrons. The van der Waals surface area contributed by atoms with E-state index in [1.54, 1.807) is 0 Å². The van der Waals surface area contributed by atoms with Crippen LogP contribution >= 0.6 is 0 Å². The molecule has 0 amide bonds. The topological polar surface area (TPSA) is 29.9 Å². The van der Waals surface area contributed by atoms with Gasteiger partial charge in [0.1, 0.15) is 5.82 Å². The van der Waals surface area contributed by atoms with Crippen LogP contribution < -0.4 is 5.32 Å². The van der Waals surface area contributed by atoms with Gasteiger partial charge in [-0.15, -0.1) is 0 Å². The van der Waals surface area contributed by atoms with Crippen molar-refractivity contribution in [1.82, 2.24) is 14.9 Å². The van der Waals surface area contributed by atoms with E-state index in [4.69, 9.17) is 0 Å². The number of nitrogens with one attached hydrogen (secondary N) is 1. The zero-order chi connectivity index (χ0) is 11.7. The Morgan fingerprint density at radius 2 is 2.18 bits per heavy atom. The number of benzene rings is 1. The van der Waals surface area contributed by atoms with Crippen LogP contribution in [-0.2, 0) is 13.6 Å². The molecule has 2 aromatic rings. The van der Waals surface area contributed by atoms with Gasteiger partial charge in [-0.1, -0.05) is 25.0 Å². The lowest BCUT2D eigenvalue weighted by atomic mass is 10.3. The van der Waals surface area contributed by atoms with E-state index in [0.717, 1.165) is 30.3 Å². The second kappa shape index (κ2) is 4.49. The predicted molar refractivity (Wildman–Crippen MR) is 69.8 cm³/mol. The second-order valence-corrected chi connectivity index (χ2v) is 4.98. The molecule has 3 rings (SSSR count). The van der Waals surface area contributed by atoms with Gasteiger partial charge < -0.3 is 9.88 Å². The average Bonchev–Trinajstić information content (AvgIpc) is 3.12. The number of hydrogen-bond acceptors (Lipinski definition) is 2. The molecule has 1 aliphatic carbocycles. The van der Waals surface area contributed by atoms with Gasteiger partial charge in [0.2, 0.25) is 0 Å². The van der Waals surface area contributed by atoms with E-state index in [0.29, 0.717) is 0 Å². The molecule has 3 heteroatoms. The minimum absolute atomic E-state index is 0.873.